The van der Waals surface area contributed by atoms with Crippen LogP contribution in [-0.4, -0.2) is 75.8 Å². The Morgan fingerprint density at radius 3 is 2.49 bits per heavy atom. The number of nitrogens with one attached hydrogen (secondary N) is 1. The van der Waals surface area contributed by atoms with Crippen LogP contribution in [0.1, 0.15) is 36.5 Å². The van der Waals surface area contributed by atoms with E-state index in [1.165, 1.54) is 0 Å². The predicted molar refractivity (Wildman–Crippen MR) is 159 cm³/mol. The van der Waals surface area contributed by atoms with Gasteiger partial charge in [-0.25, -0.2) is 15.0 Å². The second kappa shape index (κ2) is 12.3. The lowest BCUT2D eigenvalue weighted by Crippen LogP contribution is -2.35. The maximum Gasteiger partial charge on any atom is 0.184 e. The van der Waals surface area contributed by atoms with Gasteiger partial charge in [-0.3, -0.25) is 9.48 Å². The molecule has 0 atom stereocenters. The number of methoxy groups -OCH3 is 1. The Morgan fingerprint density at radius 2 is 1.83 bits per heavy atom. The van der Waals surface area contributed by atoms with Crippen LogP contribution in [-0.2, 0) is 7.05 Å². The number of piperidine rings is 1. The Kier molecular flexibility index (Phi) is 8.44. The second-order valence-corrected chi connectivity index (χ2v) is 10.1. The van der Waals surface area contributed by atoms with E-state index in [0.29, 0.717) is 40.9 Å². The third-order valence-corrected chi connectivity index (χ3v) is 7.23. The fourth-order valence-corrected chi connectivity index (χ4v) is 4.92. The van der Waals surface area contributed by atoms with Crippen molar-refractivity contribution >= 4 is 28.8 Å². The Labute approximate surface area is 240 Å². The molecule has 1 aliphatic heterocycles. The number of carbonyl (C=O) groups is 1. The largest absolute Gasteiger partial charge is 0.494 e. The van der Waals surface area contributed by atoms with Crippen LogP contribution in [0, 0.1) is 0 Å². The number of Topliss-reactive ketones (excluding diaryl/α,β-unsaturated/α-hetero) is 1. The topological polar surface area (TPSA) is 111 Å². The van der Waals surface area contributed by atoms with E-state index < -0.39 is 0 Å². The molecular formula is C30H36N8O3. The van der Waals surface area contributed by atoms with Gasteiger partial charge in [-0.1, -0.05) is 13.0 Å². The van der Waals surface area contributed by atoms with Crippen LogP contribution in [0.25, 0.3) is 11.4 Å². The summed E-state index contributed by atoms with van der Waals surface area (Å²) in [6.07, 6.45) is 7.55. The van der Waals surface area contributed by atoms with E-state index >= 15 is 0 Å². The number of aryl methyl sites for hydroxylation is 1. The van der Waals surface area contributed by atoms with Crippen molar-refractivity contribution < 1.29 is 14.3 Å². The molecule has 1 N–H and O–H groups in total. The molecule has 1 aromatic carbocycles. The van der Waals surface area contributed by atoms with Gasteiger partial charge in [0.25, 0.3) is 0 Å². The van der Waals surface area contributed by atoms with Crippen molar-refractivity contribution in [3.8, 4) is 22.9 Å². The molecule has 4 aromatic rings. The summed E-state index contributed by atoms with van der Waals surface area (Å²) in [4.78, 5) is 30.6. The van der Waals surface area contributed by atoms with E-state index in [0.717, 1.165) is 42.9 Å². The highest BCUT2D eigenvalue weighted by Crippen LogP contribution is 2.41. The Balaban J connectivity index is 1.41. The molecule has 0 bridgehead atoms. The second-order valence-electron chi connectivity index (χ2n) is 10.1. The minimum atomic E-state index is -0.0130. The number of ether oxygens (including phenoxy) is 2. The number of pyridine rings is 2. The molecule has 1 saturated heterocycles. The van der Waals surface area contributed by atoms with Crippen molar-refractivity contribution in [2.45, 2.75) is 32.3 Å². The summed E-state index contributed by atoms with van der Waals surface area (Å²) in [6, 6.07) is 11.4. The van der Waals surface area contributed by atoms with Crippen LogP contribution in [0.2, 0.25) is 0 Å². The summed E-state index contributed by atoms with van der Waals surface area (Å²) >= 11 is 0. The summed E-state index contributed by atoms with van der Waals surface area (Å²) in [5, 5.41) is 7.70. The Hall–Kier alpha value is -4.51. The van der Waals surface area contributed by atoms with Crippen molar-refractivity contribution in [1.29, 1.82) is 0 Å². The third kappa shape index (κ3) is 6.30. The van der Waals surface area contributed by atoms with Crippen LogP contribution in [0.15, 0.2) is 55.1 Å². The lowest BCUT2D eigenvalue weighted by Gasteiger charge is -2.29. The Bertz CT molecular complexity index is 1500. The van der Waals surface area contributed by atoms with Gasteiger partial charge >= 0.3 is 0 Å². The van der Waals surface area contributed by atoms with Crippen LogP contribution in [0.5, 0.6) is 11.5 Å². The molecule has 0 radical (unpaired) electrons. The smallest absolute Gasteiger partial charge is 0.184 e. The van der Waals surface area contributed by atoms with Gasteiger partial charge in [-0.2, -0.15) is 5.10 Å². The average Bonchev–Trinajstić information content (AvgIpc) is 3.44. The molecular weight excluding hydrogens is 520 g/mol. The lowest BCUT2D eigenvalue weighted by molar-refractivity contribution is 0.0988. The predicted octanol–water partition coefficient (Wildman–Crippen LogP) is 4.86. The number of para-hydroxylation sites is 1. The zero-order valence-corrected chi connectivity index (χ0v) is 24.2. The van der Waals surface area contributed by atoms with Gasteiger partial charge in [0, 0.05) is 45.9 Å². The van der Waals surface area contributed by atoms with Gasteiger partial charge in [0.2, 0.25) is 0 Å². The number of aromatic nitrogens is 5. The molecule has 1 fully saturated rings. The number of anilines is 4. The maximum absolute atomic E-state index is 12.9. The van der Waals surface area contributed by atoms with E-state index in [1.807, 2.05) is 62.3 Å². The number of carbonyl (C=O) groups excluding carboxylic acids is 1. The minimum Gasteiger partial charge on any atom is -0.494 e. The maximum atomic E-state index is 12.9. The molecule has 41 heavy (non-hydrogen) atoms. The molecule has 1 aliphatic rings. The van der Waals surface area contributed by atoms with Gasteiger partial charge in [0.15, 0.2) is 17.4 Å². The fraction of sp³-hybridized carbons (Fsp3) is 0.367. The minimum absolute atomic E-state index is 0.0130. The van der Waals surface area contributed by atoms with Crippen molar-refractivity contribution in [2.75, 3.05) is 44.5 Å². The highest BCUT2D eigenvalue weighted by Gasteiger charge is 2.22. The zero-order chi connectivity index (χ0) is 28.9. The number of hydrogen-bond acceptors (Lipinski definition) is 10. The molecule has 214 valence electrons. The first-order valence-electron chi connectivity index (χ1n) is 13.7. The monoisotopic (exact) mass is 556 g/mol. The standard InChI is InChI=1S/C30H36N8O3/c1-6-26(39)23-18-32-28(34-27-11-10-21(17-31-27)41-20-12-14-36(2)15-13-20)16-25(23)38(4)24-9-7-8-22(29(24)40-5)30-33-19-37(3)35-30/h7-11,16-20H,6,12-15H2,1-5H3,(H,31,32,34). The normalized spacial score (nSPS) is 14.1. The molecule has 4 heterocycles. The molecule has 5 rings (SSSR count). The van der Waals surface area contributed by atoms with E-state index in [1.54, 1.807) is 30.5 Å². The average molecular weight is 557 g/mol. The molecule has 11 nitrogen and oxygen atoms in total. The zero-order valence-electron chi connectivity index (χ0n) is 24.2. The van der Waals surface area contributed by atoms with Crippen molar-refractivity contribution in [1.82, 2.24) is 29.6 Å². The van der Waals surface area contributed by atoms with E-state index in [2.05, 4.69) is 37.3 Å². The highest BCUT2D eigenvalue weighted by atomic mass is 16.5. The number of rotatable bonds is 10. The number of hydrogen-bond donors (Lipinski definition) is 1. The molecule has 0 amide bonds. The first-order valence-corrected chi connectivity index (χ1v) is 13.7. The molecule has 11 heteroatoms. The molecule has 0 saturated carbocycles. The quantitative estimate of drug-likeness (QED) is 0.272. The molecule has 0 aliphatic carbocycles. The number of ketones is 1. The highest BCUT2D eigenvalue weighted by molar-refractivity contribution is 6.02. The van der Waals surface area contributed by atoms with E-state index in [-0.39, 0.29) is 11.9 Å². The van der Waals surface area contributed by atoms with E-state index in [4.69, 9.17) is 9.47 Å². The van der Waals surface area contributed by atoms with Gasteiger partial charge in [0.1, 0.15) is 29.8 Å². The summed E-state index contributed by atoms with van der Waals surface area (Å²) in [7, 11) is 7.46. The van der Waals surface area contributed by atoms with E-state index in [9.17, 15) is 4.79 Å². The van der Waals surface area contributed by atoms with Gasteiger partial charge in [0.05, 0.1) is 35.8 Å². The van der Waals surface area contributed by atoms with Crippen LogP contribution in [0.3, 0.4) is 0 Å². The molecule has 3 aromatic heterocycles. The van der Waals surface area contributed by atoms with Gasteiger partial charge in [-0.05, 0) is 44.2 Å². The third-order valence-electron chi connectivity index (χ3n) is 7.23. The van der Waals surface area contributed by atoms with Crippen LogP contribution in [0.4, 0.5) is 23.0 Å². The number of benzene rings is 1. The van der Waals surface area contributed by atoms with Crippen molar-refractivity contribution in [3.05, 3.63) is 60.7 Å². The number of nitrogens with zero attached hydrogens (tertiary/aromatic N) is 7. The lowest BCUT2D eigenvalue weighted by atomic mass is 10.1. The SMILES string of the molecule is CCC(=O)c1cnc(Nc2ccc(OC3CCN(C)CC3)cn2)cc1N(C)c1cccc(-c2ncn(C)n2)c1OC. The summed E-state index contributed by atoms with van der Waals surface area (Å²) in [5.41, 5.74) is 2.70. The van der Waals surface area contributed by atoms with Gasteiger partial charge in [-0.15, -0.1) is 0 Å². The summed E-state index contributed by atoms with van der Waals surface area (Å²) in [5.74, 6) is 3.06. The molecule has 0 unspecified atom stereocenters. The fourth-order valence-electron chi connectivity index (χ4n) is 4.92. The van der Waals surface area contributed by atoms with Crippen molar-refractivity contribution in [2.24, 2.45) is 7.05 Å². The summed E-state index contributed by atoms with van der Waals surface area (Å²) < 4.78 is 13.6. The number of likely N-dealkylation sites (tertiary alicyclic amines) is 1. The first-order chi connectivity index (χ1) is 19.9. The first kappa shape index (κ1) is 28.0. The summed E-state index contributed by atoms with van der Waals surface area (Å²) in [6.45, 7) is 3.91. The van der Waals surface area contributed by atoms with Crippen LogP contribution >= 0.6 is 0 Å². The molecule has 0 spiro atoms. The van der Waals surface area contributed by atoms with Crippen LogP contribution < -0.4 is 19.7 Å². The van der Waals surface area contributed by atoms with Crippen molar-refractivity contribution in [3.63, 3.8) is 0 Å². The Morgan fingerprint density at radius 1 is 1.05 bits per heavy atom. The van der Waals surface area contributed by atoms with Gasteiger partial charge < -0.3 is 24.6 Å².